The molecule has 0 aliphatic carbocycles. The number of halogens is 1. The van der Waals surface area contributed by atoms with Crippen LogP contribution in [0.5, 0.6) is 0 Å². The zero-order valence-corrected chi connectivity index (χ0v) is 30.3. The molecule has 0 spiro atoms. The molecule has 8 rings (SSSR count). The maximum absolute atomic E-state index is 11.6. The Morgan fingerprint density at radius 1 is 0.771 bits per heavy atom. The smallest absolute Gasteiger partial charge is 0.219 e. The van der Waals surface area contributed by atoms with Gasteiger partial charge in [-0.05, 0) is 50.2 Å². The molecule has 1 amide bonds. The van der Waals surface area contributed by atoms with Gasteiger partial charge in [-0.3, -0.25) is 4.79 Å². The van der Waals surface area contributed by atoms with Gasteiger partial charge in [-0.1, -0.05) is 35.9 Å². The van der Waals surface area contributed by atoms with E-state index in [1.165, 1.54) is 20.3 Å². The molecule has 0 saturated carbocycles. The minimum absolute atomic E-state index is 0.150. The molecule has 2 fully saturated rings. The normalized spacial score (nSPS) is 17.8. The molecule has 0 radical (unpaired) electrons. The lowest BCUT2D eigenvalue weighted by molar-refractivity contribution is -0.902. The average molecular weight is 702 g/mol. The Bertz CT molecular complexity index is 1880. The topological polar surface area (TPSA) is 75.6 Å². The van der Waals surface area contributed by atoms with Crippen molar-refractivity contribution in [2.75, 3.05) is 76.0 Å². The lowest BCUT2D eigenvalue weighted by Gasteiger charge is -2.41. The lowest BCUT2D eigenvalue weighted by Crippen LogP contribution is -2.57. The Labute approximate surface area is 295 Å². The zero-order valence-electron chi connectivity index (χ0n) is 27.9. The molecule has 48 heavy (non-hydrogen) atoms. The first-order valence-corrected chi connectivity index (χ1v) is 18.6. The van der Waals surface area contributed by atoms with Crippen molar-refractivity contribution in [3.05, 3.63) is 81.5 Å². The van der Waals surface area contributed by atoms with Crippen molar-refractivity contribution in [3.63, 3.8) is 0 Å². The molecule has 0 bridgehead atoms. The van der Waals surface area contributed by atoms with E-state index in [1.807, 2.05) is 29.2 Å². The van der Waals surface area contributed by atoms with Gasteiger partial charge in [0, 0.05) is 42.9 Å². The lowest BCUT2D eigenvalue weighted by atomic mass is 10.2. The number of anilines is 4. The summed E-state index contributed by atoms with van der Waals surface area (Å²) in [5.74, 6) is 2.25. The van der Waals surface area contributed by atoms with Crippen LogP contribution in [0.1, 0.15) is 27.8 Å². The predicted octanol–water partition coefficient (Wildman–Crippen LogP) is 7.51. The molecule has 0 unspecified atom stereocenters. The van der Waals surface area contributed by atoms with Gasteiger partial charge in [0.15, 0.2) is 6.00 Å². The third-order valence-electron chi connectivity index (χ3n) is 9.38. The number of para-hydroxylation sites is 4. The van der Waals surface area contributed by atoms with Gasteiger partial charge in [0.2, 0.25) is 5.91 Å². The van der Waals surface area contributed by atoms with E-state index < -0.39 is 0 Å². The predicted molar refractivity (Wildman–Crippen MR) is 202 cm³/mol. The monoisotopic (exact) mass is 701 g/mol. The van der Waals surface area contributed by atoms with Crippen molar-refractivity contribution in [2.24, 2.45) is 9.98 Å². The standard InChI is InChI=1S/C18H22ClN4S.C18H20N4OS/c1-13-11-14-17(22-7-9-23(2,12-19)10-8-22)20-15-5-3-4-6-16(15)21-18(14)24-13;1-12-11-14-17(22-9-7-21(8-10-22)13(2)23)19-15-5-3-4-6-16(15)20-18(14)24-12/h3-6,11,21H,7-10,12H2,1-2H3;3-6,11,20H,7-10H2,1-2H3/q+1;. The van der Waals surface area contributed by atoms with Gasteiger partial charge in [-0.2, -0.15) is 0 Å². The number of aliphatic imine (C=N–C) groups is 2. The Kier molecular flexibility index (Phi) is 9.21. The average Bonchev–Trinajstić information content (AvgIpc) is 3.55. The number of amides is 1. The fourth-order valence-electron chi connectivity index (χ4n) is 6.49. The summed E-state index contributed by atoms with van der Waals surface area (Å²) in [5.41, 5.74) is 6.46. The van der Waals surface area contributed by atoms with Crippen LogP contribution < -0.4 is 10.6 Å². The van der Waals surface area contributed by atoms with E-state index in [0.717, 1.165) is 102 Å². The Balaban J connectivity index is 0.000000152. The van der Waals surface area contributed by atoms with E-state index in [0.29, 0.717) is 6.00 Å². The van der Waals surface area contributed by atoms with Gasteiger partial charge in [0.05, 0.1) is 67.1 Å². The minimum Gasteiger partial charge on any atom is -0.352 e. The number of alkyl halides is 1. The summed E-state index contributed by atoms with van der Waals surface area (Å²) < 4.78 is 0.926. The highest BCUT2D eigenvalue weighted by Gasteiger charge is 2.32. The van der Waals surface area contributed by atoms with Crippen LogP contribution in [0, 0.1) is 13.8 Å². The highest BCUT2D eigenvalue weighted by atomic mass is 35.5. The number of carbonyl (C=O) groups is 1. The molecule has 12 heteroatoms. The number of nitrogens with zero attached hydrogens (tertiary/aromatic N) is 6. The largest absolute Gasteiger partial charge is 0.352 e. The van der Waals surface area contributed by atoms with Gasteiger partial charge in [0.1, 0.15) is 21.7 Å². The minimum atomic E-state index is 0.150. The summed E-state index contributed by atoms with van der Waals surface area (Å²) in [6.45, 7) is 13.1. The first-order chi connectivity index (χ1) is 23.2. The van der Waals surface area contributed by atoms with Crippen LogP contribution in [0.4, 0.5) is 32.8 Å². The molecule has 6 heterocycles. The second-order valence-corrected chi connectivity index (χ2v) is 15.8. The number of carbonyl (C=O) groups excluding carboxylic acids is 1. The molecular weight excluding hydrogens is 660 g/mol. The maximum atomic E-state index is 11.6. The number of hydrogen-bond donors (Lipinski definition) is 2. The van der Waals surface area contributed by atoms with Crippen molar-refractivity contribution in [1.82, 2.24) is 14.7 Å². The number of likely N-dealkylation sites (N-methyl/N-ethyl adjacent to an activating group) is 1. The van der Waals surface area contributed by atoms with E-state index >= 15 is 0 Å². The van der Waals surface area contributed by atoms with Crippen molar-refractivity contribution in [3.8, 4) is 0 Å². The zero-order chi connectivity index (χ0) is 33.4. The third-order valence-corrected chi connectivity index (χ3v) is 11.9. The number of nitrogens with one attached hydrogen (secondary N) is 2. The molecule has 4 aliphatic heterocycles. The summed E-state index contributed by atoms with van der Waals surface area (Å²) in [6, 6.07) is 21.5. The molecule has 250 valence electrons. The molecule has 4 aromatic rings. The Hall–Kier alpha value is -3.90. The van der Waals surface area contributed by atoms with E-state index in [1.54, 1.807) is 29.6 Å². The number of quaternary nitrogens is 1. The molecule has 2 aromatic carbocycles. The quantitative estimate of drug-likeness (QED) is 0.122. The van der Waals surface area contributed by atoms with Gasteiger partial charge in [-0.15, -0.1) is 22.7 Å². The number of thiophene rings is 2. The van der Waals surface area contributed by atoms with Gasteiger partial charge >= 0.3 is 0 Å². The molecule has 4 aliphatic rings. The van der Waals surface area contributed by atoms with Crippen molar-refractivity contribution < 1.29 is 9.28 Å². The van der Waals surface area contributed by atoms with Crippen LogP contribution in [0.2, 0.25) is 0 Å². The van der Waals surface area contributed by atoms with Crippen LogP contribution in [-0.2, 0) is 4.79 Å². The molecule has 2 N–H and O–H groups in total. The first kappa shape index (κ1) is 32.6. The van der Waals surface area contributed by atoms with Crippen LogP contribution in [0.3, 0.4) is 0 Å². The highest BCUT2D eigenvalue weighted by Crippen LogP contribution is 2.40. The van der Waals surface area contributed by atoms with Gasteiger partial charge in [0.25, 0.3) is 0 Å². The number of hydrogen-bond acceptors (Lipinski definition) is 9. The Morgan fingerprint density at radius 2 is 1.23 bits per heavy atom. The van der Waals surface area contributed by atoms with E-state index in [-0.39, 0.29) is 5.91 Å². The fraction of sp³-hybridized carbons (Fsp3) is 0.361. The van der Waals surface area contributed by atoms with Gasteiger partial charge in [-0.25, -0.2) is 9.98 Å². The molecule has 9 nitrogen and oxygen atoms in total. The van der Waals surface area contributed by atoms with Gasteiger partial charge < -0.3 is 29.8 Å². The van der Waals surface area contributed by atoms with Crippen molar-refractivity contribution in [2.45, 2.75) is 20.8 Å². The van der Waals surface area contributed by atoms with E-state index in [9.17, 15) is 4.79 Å². The first-order valence-electron chi connectivity index (χ1n) is 16.5. The van der Waals surface area contributed by atoms with Crippen molar-refractivity contribution in [1.29, 1.82) is 0 Å². The second kappa shape index (κ2) is 13.5. The summed E-state index contributed by atoms with van der Waals surface area (Å²) in [7, 11) is 2.23. The number of amidine groups is 2. The van der Waals surface area contributed by atoms with Crippen LogP contribution in [-0.4, -0.2) is 102 Å². The molecule has 0 atom stereocenters. The molecule has 2 saturated heterocycles. The SMILES string of the molecule is CC(=O)N1CCN(C2=Nc3ccccc3Nc3sc(C)cc32)CC1.Cc1cc2c(s1)Nc1ccccc1N=C2N1CC[N+](C)(CCl)CC1. The summed E-state index contributed by atoms with van der Waals surface area (Å²) in [4.78, 5) is 30.8. The van der Waals surface area contributed by atoms with E-state index in [2.05, 4.69) is 77.7 Å². The molecular formula is C36H42ClN8OS2+. The second-order valence-electron chi connectivity index (χ2n) is 13.0. The number of piperazine rings is 2. The number of aryl methyl sites for hydroxylation is 2. The highest BCUT2D eigenvalue weighted by molar-refractivity contribution is 7.17. The third kappa shape index (κ3) is 6.69. The summed E-state index contributed by atoms with van der Waals surface area (Å²) in [5, 5.41) is 9.44. The van der Waals surface area contributed by atoms with Crippen LogP contribution >= 0.6 is 34.3 Å². The van der Waals surface area contributed by atoms with Crippen LogP contribution in [0.25, 0.3) is 0 Å². The Morgan fingerprint density at radius 3 is 1.69 bits per heavy atom. The van der Waals surface area contributed by atoms with E-state index in [4.69, 9.17) is 21.6 Å². The summed E-state index contributed by atoms with van der Waals surface area (Å²) in [6.07, 6.45) is 0. The number of rotatable bonds is 1. The maximum Gasteiger partial charge on any atom is 0.219 e. The summed E-state index contributed by atoms with van der Waals surface area (Å²) >= 11 is 9.70. The molecule has 2 aromatic heterocycles. The number of benzene rings is 2. The van der Waals surface area contributed by atoms with Crippen molar-refractivity contribution >= 4 is 84.6 Å². The van der Waals surface area contributed by atoms with Crippen LogP contribution in [0.15, 0.2) is 70.6 Å². The fourth-order valence-corrected chi connectivity index (χ4v) is 8.57. The number of fused-ring (bicyclic) bond motifs is 4.